The molecule has 0 bridgehead atoms. The van der Waals surface area contributed by atoms with Crippen LogP contribution < -0.4 is 0 Å². The Kier molecular flexibility index (Phi) is 3.48. The van der Waals surface area contributed by atoms with Gasteiger partial charge in [-0.05, 0) is 32.0 Å². The minimum atomic E-state index is 0.0392. The van der Waals surface area contributed by atoms with Crippen molar-refractivity contribution in [3.63, 3.8) is 0 Å². The summed E-state index contributed by atoms with van der Waals surface area (Å²) in [6.07, 6.45) is 3.58. The smallest absolute Gasteiger partial charge is 0.138 e. The van der Waals surface area contributed by atoms with Crippen LogP contribution in [-0.2, 0) is 4.74 Å². The van der Waals surface area contributed by atoms with Crippen molar-refractivity contribution in [2.24, 2.45) is 0 Å². The zero-order valence-corrected chi connectivity index (χ0v) is 11.6. The normalized spacial score (nSPS) is 12.7. The number of benzene rings is 1. The van der Waals surface area contributed by atoms with Crippen molar-refractivity contribution in [3.05, 3.63) is 48.3 Å². The number of imidazole rings is 1. The molecule has 0 fully saturated rings. The van der Waals surface area contributed by atoms with Crippen molar-refractivity contribution in [1.82, 2.24) is 15.0 Å². The second kappa shape index (κ2) is 5.43. The standard InChI is InChI=1S/C16H17N3O/c1-3-20-11(2)13-5-4-6-14-15(13)19-16(18-14)12-7-9-17-10-8-12/h4-11H,3H2,1-2H3,(H,18,19). The first-order valence-electron chi connectivity index (χ1n) is 6.80. The summed E-state index contributed by atoms with van der Waals surface area (Å²) in [5, 5.41) is 0. The molecule has 4 nitrogen and oxygen atoms in total. The van der Waals surface area contributed by atoms with Gasteiger partial charge >= 0.3 is 0 Å². The first kappa shape index (κ1) is 12.8. The third-order valence-corrected chi connectivity index (χ3v) is 3.35. The molecule has 0 saturated heterocycles. The molecule has 1 N–H and O–H groups in total. The first-order chi connectivity index (χ1) is 9.79. The van der Waals surface area contributed by atoms with Gasteiger partial charge in [0.05, 0.1) is 17.1 Å². The van der Waals surface area contributed by atoms with E-state index in [9.17, 15) is 0 Å². The Morgan fingerprint density at radius 2 is 2.00 bits per heavy atom. The zero-order valence-electron chi connectivity index (χ0n) is 11.6. The number of hydrogen-bond acceptors (Lipinski definition) is 3. The maximum absolute atomic E-state index is 5.69. The zero-order chi connectivity index (χ0) is 13.9. The van der Waals surface area contributed by atoms with Gasteiger partial charge in [-0.3, -0.25) is 4.98 Å². The molecule has 2 aromatic heterocycles. The summed E-state index contributed by atoms with van der Waals surface area (Å²) >= 11 is 0. The third-order valence-electron chi connectivity index (χ3n) is 3.35. The summed E-state index contributed by atoms with van der Waals surface area (Å²) in [7, 11) is 0. The summed E-state index contributed by atoms with van der Waals surface area (Å²) in [5.74, 6) is 0.860. The number of rotatable bonds is 4. The largest absolute Gasteiger partial charge is 0.374 e. The van der Waals surface area contributed by atoms with E-state index < -0.39 is 0 Å². The van der Waals surface area contributed by atoms with Gasteiger partial charge < -0.3 is 9.72 Å². The maximum atomic E-state index is 5.69. The number of hydrogen-bond donors (Lipinski definition) is 1. The number of aromatic amines is 1. The van der Waals surface area contributed by atoms with Gasteiger partial charge in [0.2, 0.25) is 0 Å². The summed E-state index contributed by atoms with van der Waals surface area (Å²) in [6, 6.07) is 10.0. The summed E-state index contributed by atoms with van der Waals surface area (Å²) < 4.78 is 5.69. The number of fused-ring (bicyclic) bond motifs is 1. The third kappa shape index (κ3) is 2.30. The Morgan fingerprint density at radius 3 is 2.75 bits per heavy atom. The Morgan fingerprint density at radius 1 is 1.20 bits per heavy atom. The molecule has 0 aliphatic carbocycles. The van der Waals surface area contributed by atoms with Crippen molar-refractivity contribution in [2.75, 3.05) is 6.61 Å². The highest BCUT2D eigenvalue weighted by Gasteiger charge is 2.13. The van der Waals surface area contributed by atoms with E-state index >= 15 is 0 Å². The van der Waals surface area contributed by atoms with Gasteiger partial charge in [-0.2, -0.15) is 0 Å². The van der Waals surface area contributed by atoms with Crippen molar-refractivity contribution < 1.29 is 4.74 Å². The van der Waals surface area contributed by atoms with Crippen molar-refractivity contribution >= 4 is 11.0 Å². The second-order valence-electron chi connectivity index (χ2n) is 4.66. The summed E-state index contributed by atoms with van der Waals surface area (Å²) in [5.41, 5.74) is 4.15. The Balaban J connectivity index is 2.09. The van der Waals surface area contributed by atoms with E-state index in [1.54, 1.807) is 12.4 Å². The van der Waals surface area contributed by atoms with E-state index in [0.717, 1.165) is 28.0 Å². The van der Waals surface area contributed by atoms with E-state index in [1.807, 2.05) is 31.2 Å². The van der Waals surface area contributed by atoms with Crippen LogP contribution in [0.5, 0.6) is 0 Å². The van der Waals surface area contributed by atoms with E-state index in [1.165, 1.54) is 0 Å². The predicted molar refractivity (Wildman–Crippen MR) is 79.4 cm³/mol. The molecule has 0 spiro atoms. The molecule has 102 valence electrons. The summed E-state index contributed by atoms with van der Waals surface area (Å²) in [6.45, 7) is 4.75. The fourth-order valence-corrected chi connectivity index (χ4v) is 2.37. The second-order valence-corrected chi connectivity index (χ2v) is 4.66. The van der Waals surface area contributed by atoms with Gasteiger partial charge in [-0.25, -0.2) is 4.98 Å². The maximum Gasteiger partial charge on any atom is 0.138 e. The number of nitrogens with one attached hydrogen (secondary N) is 1. The topological polar surface area (TPSA) is 50.8 Å². The predicted octanol–water partition coefficient (Wildman–Crippen LogP) is 3.72. The fourth-order valence-electron chi connectivity index (χ4n) is 2.37. The van der Waals surface area contributed by atoms with Gasteiger partial charge in [0.25, 0.3) is 0 Å². The Bertz CT molecular complexity index is 706. The van der Waals surface area contributed by atoms with Crippen LogP contribution in [0.4, 0.5) is 0 Å². The molecule has 0 aliphatic rings. The molecule has 20 heavy (non-hydrogen) atoms. The number of ether oxygens (including phenoxy) is 1. The highest BCUT2D eigenvalue weighted by molar-refractivity contribution is 5.82. The van der Waals surface area contributed by atoms with Crippen LogP contribution in [0.15, 0.2) is 42.7 Å². The van der Waals surface area contributed by atoms with Gasteiger partial charge in [0, 0.05) is 30.1 Å². The molecule has 1 aromatic carbocycles. The lowest BCUT2D eigenvalue weighted by molar-refractivity contribution is 0.0773. The monoisotopic (exact) mass is 267 g/mol. The number of nitrogens with zero attached hydrogens (tertiary/aromatic N) is 2. The minimum Gasteiger partial charge on any atom is -0.374 e. The fraction of sp³-hybridized carbons (Fsp3) is 0.250. The molecule has 0 aliphatic heterocycles. The summed E-state index contributed by atoms with van der Waals surface area (Å²) in [4.78, 5) is 12.1. The highest BCUT2D eigenvalue weighted by Crippen LogP contribution is 2.27. The van der Waals surface area contributed by atoms with Crippen molar-refractivity contribution in [2.45, 2.75) is 20.0 Å². The molecule has 1 atom stereocenters. The Hall–Kier alpha value is -2.20. The van der Waals surface area contributed by atoms with E-state index in [-0.39, 0.29) is 6.10 Å². The molecule has 0 amide bonds. The van der Waals surface area contributed by atoms with Gasteiger partial charge in [-0.1, -0.05) is 12.1 Å². The lowest BCUT2D eigenvalue weighted by Gasteiger charge is -2.11. The van der Waals surface area contributed by atoms with Crippen molar-refractivity contribution in [3.8, 4) is 11.4 Å². The molecule has 0 radical (unpaired) electrons. The molecule has 4 heteroatoms. The lowest BCUT2D eigenvalue weighted by atomic mass is 10.1. The SMILES string of the molecule is CCOC(C)c1cccc2[nH]c(-c3ccncc3)nc12. The van der Waals surface area contributed by atoms with E-state index in [4.69, 9.17) is 9.72 Å². The van der Waals surface area contributed by atoms with E-state index in [0.29, 0.717) is 6.61 Å². The molecule has 0 saturated carbocycles. The molecule has 3 rings (SSSR count). The average Bonchev–Trinajstić information content (AvgIpc) is 2.92. The molecular formula is C16H17N3O. The van der Waals surface area contributed by atoms with Crippen LogP contribution in [-0.4, -0.2) is 21.6 Å². The highest BCUT2D eigenvalue weighted by atomic mass is 16.5. The number of para-hydroxylation sites is 1. The molecular weight excluding hydrogens is 250 g/mol. The van der Waals surface area contributed by atoms with Crippen LogP contribution in [0.2, 0.25) is 0 Å². The average molecular weight is 267 g/mol. The first-order valence-corrected chi connectivity index (χ1v) is 6.80. The van der Waals surface area contributed by atoms with Crippen LogP contribution in [0.25, 0.3) is 22.4 Å². The van der Waals surface area contributed by atoms with Crippen LogP contribution in [0, 0.1) is 0 Å². The minimum absolute atomic E-state index is 0.0392. The lowest BCUT2D eigenvalue weighted by Crippen LogP contribution is -2.00. The number of pyridine rings is 1. The van der Waals surface area contributed by atoms with Gasteiger partial charge in [-0.15, -0.1) is 0 Å². The van der Waals surface area contributed by atoms with Crippen LogP contribution >= 0.6 is 0 Å². The van der Waals surface area contributed by atoms with Crippen LogP contribution in [0.1, 0.15) is 25.5 Å². The van der Waals surface area contributed by atoms with Gasteiger partial charge in [0.15, 0.2) is 0 Å². The van der Waals surface area contributed by atoms with Crippen molar-refractivity contribution in [1.29, 1.82) is 0 Å². The Labute approximate surface area is 117 Å². The number of H-pyrrole nitrogens is 1. The molecule has 1 unspecified atom stereocenters. The van der Waals surface area contributed by atoms with Crippen LogP contribution in [0.3, 0.4) is 0 Å². The quantitative estimate of drug-likeness (QED) is 0.783. The molecule has 2 heterocycles. The number of aromatic nitrogens is 3. The molecule has 3 aromatic rings. The van der Waals surface area contributed by atoms with Gasteiger partial charge in [0.1, 0.15) is 5.82 Å². The van der Waals surface area contributed by atoms with E-state index in [2.05, 4.69) is 23.0 Å².